The number of hydrogen-bond acceptors (Lipinski definition) is 5. The zero-order valence-corrected chi connectivity index (χ0v) is 11.4. The number of rotatable bonds is 2. The Morgan fingerprint density at radius 1 is 1.40 bits per heavy atom. The Labute approximate surface area is 116 Å². The maximum Gasteiger partial charge on any atom is 0.336 e. The normalized spacial score (nSPS) is 23.5. The van der Waals surface area contributed by atoms with E-state index in [2.05, 4.69) is 11.8 Å². The number of nitrogens with zero attached hydrogens (tertiary/aromatic N) is 1. The molecule has 20 heavy (non-hydrogen) atoms. The molecule has 106 valence electrons. The summed E-state index contributed by atoms with van der Waals surface area (Å²) in [6, 6.07) is 6.56. The first-order valence-corrected chi connectivity index (χ1v) is 6.76. The molecule has 0 saturated carbocycles. The quantitative estimate of drug-likeness (QED) is 0.806. The third kappa shape index (κ3) is 2.42. The molecule has 3 N–H and O–H groups in total. The summed E-state index contributed by atoms with van der Waals surface area (Å²) in [5.74, 6) is 0.556. The van der Waals surface area contributed by atoms with Gasteiger partial charge in [-0.2, -0.15) is 0 Å². The van der Waals surface area contributed by atoms with Gasteiger partial charge in [-0.05, 0) is 23.6 Å². The predicted molar refractivity (Wildman–Crippen MR) is 76.6 cm³/mol. The Bertz CT molecular complexity index is 685. The first-order valence-electron chi connectivity index (χ1n) is 6.76. The van der Waals surface area contributed by atoms with Gasteiger partial charge in [0.15, 0.2) is 0 Å². The molecule has 5 nitrogen and oxygen atoms in total. The Morgan fingerprint density at radius 2 is 2.20 bits per heavy atom. The zero-order chi connectivity index (χ0) is 14.3. The van der Waals surface area contributed by atoms with Gasteiger partial charge in [-0.3, -0.25) is 4.90 Å². The van der Waals surface area contributed by atoms with Gasteiger partial charge >= 0.3 is 5.63 Å². The van der Waals surface area contributed by atoms with Crippen LogP contribution in [0.5, 0.6) is 5.75 Å². The molecule has 0 aliphatic carbocycles. The minimum absolute atomic E-state index is 0.0922. The van der Waals surface area contributed by atoms with Crippen LogP contribution in [0.2, 0.25) is 0 Å². The second-order valence-electron chi connectivity index (χ2n) is 5.61. The molecule has 1 aromatic carbocycles. The molecule has 0 radical (unpaired) electrons. The van der Waals surface area contributed by atoms with E-state index in [1.54, 1.807) is 12.1 Å². The molecule has 2 unspecified atom stereocenters. The standard InChI is InChI=1S/C15H18N2O3/c1-9-6-17(8-13(9)16)7-10-4-15(19)20-14-5-11(18)2-3-12(10)14/h2-5,9,13,18H,6-8,16H2,1H3. The number of nitrogens with two attached hydrogens (primary N) is 1. The SMILES string of the molecule is CC1CN(Cc2cc(=O)oc3cc(O)ccc23)CC1N. The predicted octanol–water partition coefficient (Wildman–Crippen LogP) is 1.28. The molecule has 5 heteroatoms. The van der Waals surface area contributed by atoms with E-state index in [-0.39, 0.29) is 11.8 Å². The molecule has 1 aromatic heterocycles. The molecule has 3 rings (SSSR count). The Kier molecular flexibility index (Phi) is 3.23. The van der Waals surface area contributed by atoms with Gasteiger partial charge in [0.25, 0.3) is 0 Å². The van der Waals surface area contributed by atoms with E-state index in [0.29, 0.717) is 18.0 Å². The van der Waals surface area contributed by atoms with Crippen molar-refractivity contribution in [2.45, 2.75) is 19.5 Å². The summed E-state index contributed by atoms with van der Waals surface area (Å²) in [6.45, 7) is 4.58. The topological polar surface area (TPSA) is 79.7 Å². The first kappa shape index (κ1) is 13.1. The van der Waals surface area contributed by atoms with Crippen LogP contribution in [-0.4, -0.2) is 29.1 Å². The lowest BCUT2D eigenvalue weighted by Gasteiger charge is -2.16. The average molecular weight is 274 g/mol. The fourth-order valence-electron chi connectivity index (χ4n) is 2.81. The molecule has 0 spiro atoms. The summed E-state index contributed by atoms with van der Waals surface area (Å²) in [7, 11) is 0. The lowest BCUT2D eigenvalue weighted by molar-refractivity contribution is 0.319. The number of fused-ring (bicyclic) bond motifs is 1. The molecular formula is C15H18N2O3. The van der Waals surface area contributed by atoms with Crippen molar-refractivity contribution >= 4 is 11.0 Å². The highest BCUT2D eigenvalue weighted by Crippen LogP contribution is 2.24. The highest BCUT2D eigenvalue weighted by Gasteiger charge is 2.26. The van der Waals surface area contributed by atoms with Crippen molar-refractivity contribution in [2.24, 2.45) is 11.7 Å². The summed E-state index contributed by atoms with van der Waals surface area (Å²) in [5, 5.41) is 10.3. The fraction of sp³-hybridized carbons (Fsp3) is 0.400. The van der Waals surface area contributed by atoms with Crippen LogP contribution in [0.4, 0.5) is 0 Å². The minimum Gasteiger partial charge on any atom is -0.508 e. The number of phenols is 1. The molecule has 1 fully saturated rings. The zero-order valence-electron chi connectivity index (χ0n) is 11.4. The smallest absolute Gasteiger partial charge is 0.336 e. The van der Waals surface area contributed by atoms with Crippen LogP contribution in [0.15, 0.2) is 33.5 Å². The van der Waals surface area contributed by atoms with Crippen LogP contribution in [0, 0.1) is 5.92 Å². The van der Waals surface area contributed by atoms with Crippen molar-refractivity contribution in [2.75, 3.05) is 13.1 Å². The van der Waals surface area contributed by atoms with Crippen molar-refractivity contribution in [3.8, 4) is 5.75 Å². The first-order chi connectivity index (χ1) is 9.52. The van der Waals surface area contributed by atoms with E-state index < -0.39 is 5.63 Å². The molecule has 1 aliphatic heterocycles. The van der Waals surface area contributed by atoms with Crippen LogP contribution >= 0.6 is 0 Å². The third-order valence-electron chi connectivity index (χ3n) is 3.95. The molecule has 2 atom stereocenters. The van der Waals surface area contributed by atoms with E-state index in [9.17, 15) is 9.90 Å². The van der Waals surface area contributed by atoms with E-state index >= 15 is 0 Å². The van der Waals surface area contributed by atoms with Gasteiger partial charge in [0.1, 0.15) is 11.3 Å². The second-order valence-corrected chi connectivity index (χ2v) is 5.61. The maximum absolute atomic E-state index is 11.6. The number of phenolic OH excluding ortho intramolecular Hbond substituents is 1. The summed E-state index contributed by atoms with van der Waals surface area (Å²) in [6.07, 6.45) is 0. The van der Waals surface area contributed by atoms with Gasteiger partial charge in [-0.15, -0.1) is 0 Å². The molecule has 1 aliphatic rings. The van der Waals surface area contributed by atoms with E-state index in [1.807, 2.05) is 0 Å². The van der Waals surface area contributed by atoms with Crippen LogP contribution in [0.3, 0.4) is 0 Å². The Hall–Kier alpha value is -1.85. The summed E-state index contributed by atoms with van der Waals surface area (Å²) in [5.41, 5.74) is 6.97. The van der Waals surface area contributed by atoms with Crippen LogP contribution < -0.4 is 11.4 Å². The summed E-state index contributed by atoms with van der Waals surface area (Å²) < 4.78 is 5.13. The summed E-state index contributed by atoms with van der Waals surface area (Å²) >= 11 is 0. The van der Waals surface area contributed by atoms with Gasteiger partial charge in [0.2, 0.25) is 0 Å². The average Bonchev–Trinajstić information content (AvgIpc) is 2.67. The highest BCUT2D eigenvalue weighted by molar-refractivity contribution is 5.81. The monoisotopic (exact) mass is 274 g/mol. The van der Waals surface area contributed by atoms with Crippen molar-refractivity contribution < 1.29 is 9.52 Å². The van der Waals surface area contributed by atoms with Crippen LogP contribution in [0.25, 0.3) is 11.0 Å². The maximum atomic E-state index is 11.6. The van der Waals surface area contributed by atoms with Crippen molar-refractivity contribution in [3.63, 3.8) is 0 Å². The van der Waals surface area contributed by atoms with Crippen LogP contribution in [0.1, 0.15) is 12.5 Å². The Morgan fingerprint density at radius 3 is 2.90 bits per heavy atom. The molecule has 0 bridgehead atoms. The van der Waals surface area contributed by atoms with E-state index in [4.69, 9.17) is 10.2 Å². The molecule has 0 amide bonds. The van der Waals surface area contributed by atoms with Crippen molar-refractivity contribution in [1.82, 2.24) is 4.90 Å². The Balaban J connectivity index is 1.97. The third-order valence-corrected chi connectivity index (χ3v) is 3.95. The van der Waals surface area contributed by atoms with E-state index in [0.717, 1.165) is 24.0 Å². The molecule has 1 saturated heterocycles. The lowest BCUT2D eigenvalue weighted by atomic mass is 10.1. The highest BCUT2D eigenvalue weighted by atomic mass is 16.4. The molecule has 2 heterocycles. The largest absolute Gasteiger partial charge is 0.508 e. The van der Waals surface area contributed by atoms with Gasteiger partial charge in [-0.25, -0.2) is 4.79 Å². The number of hydrogen-bond donors (Lipinski definition) is 2. The van der Waals surface area contributed by atoms with Gasteiger partial charge in [0.05, 0.1) is 0 Å². The van der Waals surface area contributed by atoms with Crippen molar-refractivity contribution in [1.29, 1.82) is 0 Å². The fourth-order valence-corrected chi connectivity index (χ4v) is 2.81. The second kappa shape index (κ2) is 4.92. The van der Waals surface area contributed by atoms with Gasteiger partial charge < -0.3 is 15.3 Å². The van der Waals surface area contributed by atoms with Gasteiger partial charge in [0, 0.05) is 43.2 Å². The summed E-state index contributed by atoms with van der Waals surface area (Å²) in [4.78, 5) is 13.9. The number of benzene rings is 1. The number of likely N-dealkylation sites (tertiary alicyclic amines) is 1. The van der Waals surface area contributed by atoms with Crippen molar-refractivity contribution in [3.05, 3.63) is 40.2 Å². The van der Waals surface area contributed by atoms with E-state index in [1.165, 1.54) is 12.1 Å². The minimum atomic E-state index is -0.394. The molecule has 2 aromatic rings. The van der Waals surface area contributed by atoms with Gasteiger partial charge in [-0.1, -0.05) is 6.92 Å². The van der Waals surface area contributed by atoms with Crippen LogP contribution in [-0.2, 0) is 6.54 Å². The lowest BCUT2D eigenvalue weighted by Crippen LogP contribution is -2.28. The number of aromatic hydroxyl groups is 1. The molecular weight excluding hydrogens is 256 g/mol.